The summed E-state index contributed by atoms with van der Waals surface area (Å²) in [6, 6.07) is 3.82. The largest absolute Gasteiger partial charge is 0.504 e. The number of carbonyl (C=O) groups excluding carboxylic acids is 3. The van der Waals surface area contributed by atoms with Crippen LogP contribution in [0, 0.1) is 0 Å². The quantitative estimate of drug-likeness (QED) is 0.602. The fourth-order valence-corrected chi connectivity index (χ4v) is 4.00. The molecule has 1 aliphatic heterocycles. The number of likely N-dealkylation sites (N-methyl/N-ethyl adjacent to an activating group) is 1. The van der Waals surface area contributed by atoms with Gasteiger partial charge in [-0.1, -0.05) is 19.9 Å². The highest BCUT2D eigenvalue weighted by molar-refractivity contribution is 7.13. The van der Waals surface area contributed by atoms with Crippen LogP contribution in [0.2, 0.25) is 0 Å². The van der Waals surface area contributed by atoms with Crippen molar-refractivity contribution in [1.82, 2.24) is 15.1 Å². The molecule has 1 aliphatic rings. The molecule has 0 unspecified atom stereocenters. The van der Waals surface area contributed by atoms with Crippen molar-refractivity contribution in [2.24, 2.45) is 0 Å². The van der Waals surface area contributed by atoms with E-state index in [0.717, 1.165) is 21.1 Å². The average molecular weight is 437 g/mol. The third kappa shape index (κ3) is 4.60. The molecule has 3 N–H and O–H groups in total. The van der Waals surface area contributed by atoms with Crippen molar-refractivity contribution < 1.29 is 19.5 Å². The zero-order valence-corrected chi connectivity index (χ0v) is 18.5. The van der Waals surface area contributed by atoms with Crippen molar-refractivity contribution in [3.05, 3.63) is 44.0 Å². The van der Waals surface area contributed by atoms with Gasteiger partial charge in [0.1, 0.15) is 16.3 Å². The van der Waals surface area contributed by atoms with Gasteiger partial charge in [0.15, 0.2) is 5.75 Å². The van der Waals surface area contributed by atoms with Gasteiger partial charge in [-0.25, -0.2) is 0 Å². The molecule has 10 heteroatoms. The predicted molar refractivity (Wildman–Crippen MR) is 115 cm³/mol. The van der Waals surface area contributed by atoms with Gasteiger partial charge in [0.05, 0.1) is 5.69 Å². The highest BCUT2D eigenvalue weighted by Gasteiger charge is 2.37. The van der Waals surface area contributed by atoms with E-state index < -0.39 is 11.8 Å². The van der Waals surface area contributed by atoms with E-state index in [-0.39, 0.29) is 33.6 Å². The van der Waals surface area contributed by atoms with Crippen LogP contribution in [-0.4, -0.2) is 53.8 Å². The van der Waals surface area contributed by atoms with E-state index in [1.165, 1.54) is 28.7 Å². The number of rotatable bonds is 6. The molecule has 0 aliphatic carbocycles. The summed E-state index contributed by atoms with van der Waals surface area (Å²) in [6.07, 6.45) is 0. The Bertz CT molecular complexity index is 932. The van der Waals surface area contributed by atoms with Crippen LogP contribution in [-0.2, 0) is 16.1 Å². The minimum atomic E-state index is -0.514. The van der Waals surface area contributed by atoms with Gasteiger partial charge in [-0.15, -0.1) is 22.7 Å². The highest BCUT2D eigenvalue weighted by atomic mass is 32.1. The lowest BCUT2D eigenvalue weighted by Gasteiger charge is -2.10. The molecule has 0 saturated carbocycles. The molecule has 2 aromatic heterocycles. The molecule has 3 heterocycles. The van der Waals surface area contributed by atoms with Crippen molar-refractivity contribution in [2.75, 3.05) is 26.5 Å². The summed E-state index contributed by atoms with van der Waals surface area (Å²) in [5.41, 5.74) is 0.366. The van der Waals surface area contributed by atoms with Crippen LogP contribution in [0.1, 0.15) is 28.4 Å². The molecule has 8 nitrogen and oxygen atoms in total. The van der Waals surface area contributed by atoms with Gasteiger partial charge < -0.3 is 20.6 Å². The summed E-state index contributed by atoms with van der Waals surface area (Å²) < 4.78 is 0. The fourth-order valence-electron chi connectivity index (χ4n) is 2.44. The minimum Gasteiger partial charge on any atom is -0.504 e. The standard InChI is InChI=1S/C17H18N4O4S2.C2H6/c1-20(2)17(25)14-13(22)10(8-27-14)19-12-11(15(23)21(3)16(12)24)18-7-9-5-4-6-26-9;1-2/h4-6,8,18-19,22H,7H2,1-3H3;1-2H3. The van der Waals surface area contributed by atoms with Crippen LogP contribution < -0.4 is 10.6 Å². The first-order valence-corrected chi connectivity index (χ1v) is 10.7. The predicted octanol–water partition coefficient (Wildman–Crippen LogP) is 2.66. The van der Waals surface area contributed by atoms with E-state index >= 15 is 0 Å². The Morgan fingerprint density at radius 3 is 2.41 bits per heavy atom. The van der Waals surface area contributed by atoms with Crippen molar-refractivity contribution in [3.63, 3.8) is 0 Å². The molecular weight excluding hydrogens is 412 g/mol. The third-order valence-electron chi connectivity index (χ3n) is 3.93. The van der Waals surface area contributed by atoms with Gasteiger partial charge in [0.2, 0.25) is 0 Å². The molecule has 0 aromatic carbocycles. The first-order valence-electron chi connectivity index (χ1n) is 8.93. The molecule has 0 saturated heterocycles. The van der Waals surface area contributed by atoms with Gasteiger partial charge >= 0.3 is 0 Å². The Kier molecular flexibility index (Phi) is 7.40. The molecule has 3 amide bonds. The maximum atomic E-state index is 12.4. The number of nitrogens with zero attached hydrogens (tertiary/aromatic N) is 2. The Labute approximate surface area is 177 Å². The Morgan fingerprint density at radius 2 is 1.83 bits per heavy atom. The lowest BCUT2D eigenvalue weighted by Crippen LogP contribution is -2.29. The van der Waals surface area contributed by atoms with E-state index in [4.69, 9.17) is 0 Å². The number of thiophene rings is 2. The zero-order chi connectivity index (χ0) is 21.7. The fraction of sp³-hybridized carbons (Fsp3) is 0.316. The monoisotopic (exact) mass is 436 g/mol. The Morgan fingerprint density at radius 1 is 1.17 bits per heavy atom. The summed E-state index contributed by atoms with van der Waals surface area (Å²) in [7, 11) is 4.55. The van der Waals surface area contributed by atoms with Crippen LogP contribution in [0.5, 0.6) is 5.75 Å². The van der Waals surface area contributed by atoms with Crippen molar-refractivity contribution >= 4 is 46.1 Å². The van der Waals surface area contributed by atoms with E-state index in [9.17, 15) is 19.5 Å². The zero-order valence-electron chi connectivity index (χ0n) is 16.9. The molecule has 0 fully saturated rings. The Balaban J connectivity index is 0.00000145. The van der Waals surface area contributed by atoms with E-state index in [1.807, 2.05) is 31.4 Å². The summed E-state index contributed by atoms with van der Waals surface area (Å²) in [5, 5.41) is 19.6. The Hall–Kier alpha value is -2.85. The highest BCUT2D eigenvalue weighted by Crippen LogP contribution is 2.36. The average Bonchev–Trinajstić information content (AvgIpc) is 3.40. The SMILES string of the molecule is CC.CN(C)C(=O)c1scc(NC2=C(NCc3cccs3)C(=O)N(C)C2=O)c1O. The molecule has 156 valence electrons. The maximum Gasteiger partial charge on any atom is 0.279 e. The van der Waals surface area contributed by atoms with E-state index in [2.05, 4.69) is 10.6 Å². The van der Waals surface area contributed by atoms with Gasteiger partial charge in [-0.2, -0.15) is 0 Å². The van der Waals surface area contributed by atoms with Crippen LogP contribution in [0.3, 0.4) is 0 Å². The first-order chi connectivity index (χ1) is 13.8. The number of amides is 3. The maximum absolute atomic E-state index is 12.4. The van der Waals surface area contributed by atoms with E-state index in [1.54, 1.807) is 14.1 Å². The molecule has 0 atom stereocenters. The van der Waals surface area contributed by atoms with Crippen molar-refractivity contribution in [2.45, 2.75) is 20.4 Å². The number of carbonyl (C=O) groups is 3. The molecule has 3 rings (SSSR count). The topological polar surface area (TPSA) is 102 Å². The second kappa shape index (κ2) is 9.57. The van der Waals surface area contributed by atoms with Crippen LogP contribution in [0.15, 0.2) is 34.3 Å². The second-order valence-electron chi connectivity index (χ2n) is 6.00. The lowest BCUT2D eigenvalue weighted by atomic mass is 10.3. The van der Waals surface area contributed by atoms with Gasteiger partial charge in [0.25, 0.3) is 17.7 Å². The van der Waals surface area contributed by atoms with Gasteiger partial charge in [0, 0.05) is 37.9 Å². The number of imide groups is 1. The minimum absolute atomic E-state index is 0.0380. The summed E-state index contributed by atoms with van der Waals surface area (Å²) in [6.45, 7) is 4.39. The molecule has 0 radical (unpaired) electrons. The van der Waals surface area contributed by atoms with Gasteiger partial charge in [-0.05, 0) is 11.4 Å². The number of hydrogen-bond acceptors (Lipinski definition) is 8. The molecule has 2 aromatic rings. The summed E-state index contributed by atoms with van der Waals surface area (Å²) >= 11 is 2.59. The number of hydrogen-bond donors (Lipinski definition) is 3. The lowest BCUT2D eigenvalue weighted by molar-refractivity contribution is -0.136. The molecule has 29 heavy (non-hydrogen) atoms. The normalized spacial score (nSPS) is 13.3. The smallest absolute Gasteiger partial charge is 0.279 e. The van der Waals surface area contributed by atoms with E-state index in [0.29, 0.717) is 6.54 Å². The number of aromatic hydroxyl groups is 1. The number of anilines is 1. The summed E-state index contributed by atoms with van der Waals surface area (Å²) in [5.74, 6) is -1.57. The van der Waals surface area contributed by atoms with Crippen LogP contribution in [0.25, 0.3) is 0 Å². The van der Waals surface area contributed by atoms with Crippen LogP contribution >= 0.6 is 22.7 Å². The van der Waals surface area contributed by atoms with Crippen LogP contribution in [0.4, 0.5) is 5.69 Å². The molecule has 0 spiro atoms. The summed E-state index contributed by atoms with van der Waals surface area (Å²) in [4.78, 5) is 40.4. The first kappa shape index (κ1) is 22.4. The van der Waals surface area contributed by atoms with Crippen molar-refractivity contribution in [1.29, 1.82) is 0 Å². The third-order valence-corrected chi connectivity index (χ3v) is 5.77. The van der Waals surface area contributed by atoms with Gasteiger partial charge in [-0.3, -0.25) is 19.3 Å². The second-order valence-corrected chi connectivity index (χ2v) is 7.92. The molecular formula is C19H24N4O4S2. The molecule has 0 bridgehead atoms. The van der Waals surface area contributed by atoms with Crippen molar-refractivity contribution in [3.8, 4) is 5.75 Å². The number of nitrogens with one attached hydrogen (secondary N) is 2.